The largest absolute Gasteiger partial charge is 0.115 e. The Balaban J connectivity index is 0.000000165. The van der Waals surface area contributed by atoms with Crippen molar-refractivity contribution in [3.63, 3.8) is 0 Å². The molecule has 1 aliphatic rings. The van der Waals surface area contributed by atoms with Gasteiger partial charge in [0.2, 0.25) is 0 Å². The summed E-state index contributed by atoms with van der Waals surface area (Å²) >= 11 is 5.63. The van der Waals surface area contributed by atoms with Crippen LogP contribution in [0, 0.1) is 18.3 Å². The molecule has 0 atom stereocenters. The Morgan fingerprint density at radius 3 is 2.36 bits per heavy atom. The normalized spacial score (nSPS) is 14.6. The lowest BCUT2D eigenvalue weighted by Crippen LogP contribution is -2.04. The summed E-state index contributed by atoms with van der Waals surface area (Å²) in [5, 5.41) is 0.686. The van der Waals surface area contributed by atoms with Gasteiger partial charge in [0, 0.05) is 10.6 Å². The predicted octanol–water partition coefficient (Wildman–Crippen LogP) is 4.13. The minimum Gasteiger partial charge on any atom is -0.115 e. The predicted molar refractivity (Wildman–Crippen MR) is 62.4 cm³/mol. The van der Waals surface area contributed by atoms with Crippen LogP contribution in [0.25, 0.3) is 0 Å². The average Bonchev–Trinajstić information content (AvgIpc) is 2.16. The van der Waals surface area contributed by atoms with Gasteiger partial charge in [0.1, 0.15) is 0 Å². The van der Waals surface area contributed by atoms with Crippen LogP contribution in [0.15, 0.2) is 24.3 Å². The van der Waals surface area contributed by atoms with E-state index in [9.17, 15) is 0 Å². The summed E-state index contributed by atoms with van der Waals surface area (Å²) < 4.78 is 0. The topological polar surface area (TPSA) is 0 Å². The van der Waals surface area contributed by atoms with E-state index >= 15 is 0 Å². The molecule has 0 heterocycles. The van der Waals surface area contributed by atoms with Crippen molar-refractivity contribution in [2.45, 2.75) is 26.2 Å². The van der Waals surface area contributed by atoms with Crippen molar-refractivity contribution in [3.05, 3.63) is 34.9 Å². The summed E-state index contributed by atoms with van der Waals surface area (Å²) in [7, 11) is 0. The quantitative estimate of drug-likeness (QED) is 0.560. The highest BCUT2D eigenvalue weighted by Crippen LogP contribution is 2.24. The molecule has 0 aliphatic heterocycles. The molecule has 1 aromatic rings. The molecule has 0 unspecified atom stereocenters. The first-order valence-electron chi connectivity index (χ1n) is 4.94. The van der Waals surface area contributed by atoms with E-state index in [0.29, 0.717) is 5.02 Å². The van der Waals surface area contributed by atoms with Crippen molar-refractivity contribution in [3.8, 4) is 12.3 Å². The Hall–Kier alpha value is -0.930. The van der Waals surface area contributed by atoms with Crippen molar-refractivity contribution in [1.82, 2.24) is 0 Å². The monoisotopic (exact) mass is 206 g/mol. The molecule has 0 saturated heterocycles. The van der Waals surface area contributed by atoms with Gasteiger partial charge in [-0.2, -0.15) is 0 Å². The van der Waals surface area contributed by atoms with Crippen molar-refractivity contribution < 1.29 is 0 Å². The van der Waals surface area contributed by atoms with Gasteiger partial charge in [-0.25, -0.2) is 0 Å². The molecule has 0 nitrogen and oxygen atoms in total. The summed E-state index contributed by atoms with van der Waals surface area (Å²) in [5.41, 5.74) is 0.822. The van der Waals surface area contributed by atoms with Crippen molar-refractivity contribution >= 4 is 11.6 Å². The Morgan fingerprint density at radius 2 is 2.07 bits per heavy atom. The molecule has 1 fully saturated rings. The first kappa shape index (κ1) is 11.1. The second-order valence-corrected chi connectivity index (χ2v) is 4.13. The Morgan fingerprint density at radius 1 is 1.43 bits per heavy atom. The van der Waals surface area contributed by atoms with E-state index in [1.165, 1.54) is 19.3 Å². The number of halogens is 1. The van der Waals surface area contributed by atoms with Gasteiger partial charge < -0.3 is 0 Å². The summed E-state index contributed by atoms with van der Waals surface area (Å²) in [6, 6.07) is 7.22. The molecule has 0 radical (unpaired) electrons. The summed E-state index contributed by atoms with van der Waals surface area (Å²) in [6.07, 6.45) is 9.57. The van der Waals surface area contributed by atoms with Crippen LogP contribution in [-0.2, 0) is 0 Å². The maximum Gasteiger partial charge on any atom is 0.0418 e. The molecule has 0 bridgehead atoms. The lowest BCUT2D eigenvalue weighted by molar-refractivity contribution is 0.346. The second kappa shape index (κ2) is 5.73. The number of rotatable bonds is 0. The van der Waals surface area contributed by atoms with Crippen LogP contribution >= 0.6 is 11.6 Å². The van der Waals surface area contributed by atoms with E-state index in [1.807, 2.05) is 12.1 Å². The fraction of sp³-hybridized carbons (Fsp3) is 0.385. The SMILES string of the molecule is C#Cc1cccc(Cl)c1.CC1CCC1. The van der Waals surface area contributed by atoms with Crippen molar-refractivity contribution in [2.24, 2.45) is 5.92 Å². The summed E-state index contributed by atoms with van der Waals surface area (Å²) in [6.45, 7) is 2.31. The maximum absolute atomic E-state index is 5.63. The third-order valence-electron chi connectivity index (χ3n) is 2.39. The smallest absolute Gasteiger partial charge is 0.0418 e. The van der Waals surface area contributed by atoms with Gasteiger partial charge in [0.25, 0.3) is 0 Å². The first-order valence-corrected chi connectivity index (χ1v) is 5.32. The van der Waals surface area contributed by atoms with Gasteiger partial charge in [-0.3, -0.25) is 0 Å². The highest BCUT2D eigenvalue weighted by Gasteiger charge is 2.09. The van der Waals surface area contributed by atoms with Crippen LogP contribution < -0.4 is 0 Å². The minimum atomic E-state index is 0.686. The highest BCUT2D eigenvalue weighted by molar-refractivity contribution is 6.30. The van der Waals surface area contributed by atoms with Crippen LogP contribution in [0.1, 0.15) is 31.7 Å². The fourth-order valence-corrected chi connectivity index (χ4v) is 1.38. The molecule has 1 aromatic carbocycles. The van der Waals surface area contributed by atoms with Gasteiger partial charge in [-0.15, -0.1) is 6.42 Å². The van der Waals surface area contributed by atoms with E-state index in [-0.39, 0.29) is 0 Å². The fourth-order valence-electron chi connectivity index (χ4n) is 1.19. The van der Waals surface area contributed by atoms with Crippen LogP contribution in [0.2, 0.25) is 5.02 Å². The number of hydrogen-bond acceptors (Lipinski definition) is 0. The molecule has 0 aromatic heterocycles. The van der Waals surface area contributed by atoms with E-state index in [4.69, 9.17) is 18.0 Å². The van der Waals surface area contributed by atoms with Gasteiger partial charge in [-0.05, 0) is 24.1 Å². The highest BCUT2D eigenvalue weighted by atomic mass is 35.5. The summed E-state index contributed by atoms with van der Waals surface area (Å²) in [5.74, 6) is 3.55. The van der Waals surface area contributed by atoms with Crippen LogP contribution in [0.5, 0.6) is 0 Å². The van der Waals surface area contributed by atoms with Crippen LogP contribution in [0.3, 0.4) is 0 Å². The average molecular weight is 207 g/mol. The molecular formula is C13H15Cl. The molecule has 74 valence electrons. The Bertz CT molecular complexity index is 318. The van der Waals surface area contributed by atoms with Gasteiger partial charge in [-0.1, -0.05) is 49.8 Å². The molecular weight excluding hydrogens is 192 g/mol. The van der Waals surface area contributed by atoms with E-state index in [2.05, 4.69) is 12.8 Å². The van der Waals surface area contributed by atoms with Crippen LogP contribution in [0.4, 0.5) is 0 Å². The molecule has 0 N–H and O–H groups in total. The zero-order valence-electron chi connectivity index (χ0n) is 8.46. The van der Waals surface area contributed by atoms with E-state index in [1.54, 1.807) is 12.1 Å². The Kier molecular flexibility index (Phi) is 4.56. The molecule has 1 heteroatoms. The first-order chi connectivity index (χ1) is 6.72. The standard InChI is InChI=1S/C8H5Cl.C5H10/c1-2-7-4-3-5-8(9)6-7;1-5-3-2-4-5/h1,3-6H;5H,2-4H2,1H3. The zero-order chi connectivity index (χ0) is 10.4. The number of benzene rings is 1. The number of hydrogen-bond donors (Lipinski definition) is 0. The third kappa shape index (κ3) is 3.85. The maximum atomic E-state index is 5.63. The lowest BCUT2D eigenvalue weighted by atomic mass is 9.88. The number of terminal acetylenes is 1. The minimum absolute atomic E-state index is 0.686. The zero-order valence-corrected chi connectivity index (χ0v) is 9.22. The summed E-state index contributed by atoms with van der Waals surface area (Å²) in [4.78, 5) is 0. The van der Waals surface area contributed by atoms with Gasteiger partial charge >= 0.3 is 0 Å². The molecule has 0 amide bonds. The molecule has 0 spiro atoms. The lowest BCUT2D eigenvalue weighted by Gasteiger charge is -2.18. The van der Waals surface area contributed by atoms with Crippen molar-refractivity contribution in [2.75, 3.05) is 0 Å². The van der Waals surface area contributed by atoms with Crippen LogP contribution in [-0.4, -0.2) is 0 Å². The van der Waals surface area contributed by atoms with Gasteiger partial charge in [0.05, 0.1) is 0 Å². The van der Waals surface area contributed by atoms with E-state index < -0.39 is 0 Å². The van der Waals surface area contributed by atoms with E-state index in [0.717, 1.165) is 11.5 Å². The third-order valence-corrected chi connectivity index (χ3v) is 2.62. The van der Waals surface area contributed by atoms with Crippen molar-refractivity contribution in [1.29, 1.82) is 0 Å². The molecule has 1 aliphatic carbocycles. The molecule has 2 rings (SSSR count). The second-order valence-electron chi connectivity index (χ2n) is 3.69. The molecule has 14 heavy (non-hydrogen) atoms. The van der Waals surface area contributed by atoms with Gasteiger partial charge in [0.15, 0.2) is 0 Å². The molecule has 1 saturated carbocycles. The Labute approximate surface area is 91.3 Å².